The Morgan fingerprint density at radius 2 is 2.38 bits per heavy atom. The highest BCUT2D eigenvalue weighted by Crippen LogP contribution is 2.14. The number of rotatable bonds is 3. The molecule has 1 saturated heterocycles. The lowest BCUT2D eigenvalue weighted by Crippen LogP contribution is -2.57. The summed E-state index contributed by atoms with van der Waals surface area (Å²) in [6.45, 7) is 2.62. The normalized spacial score (nSPS) is 21.1. The molecule has 0 saturated carbocycles. The van der Waals surface area contributed by atoms with E-state index in [0.717, 1.165) is 4.88 Å². The van der Waals surface area contributed by atoms with Gasteiger partial charge in [0.05, 0.1) is 13.1 Å². The van der Waals surface area contributed by atoms with E-state index in [1.807, 2.05) is 24.4 Å². The SMILES string of the molecule is CCC1NC(=O)CN(Cc2cccs2)C1=O. The van der Waals surface area contributed by atoms with E-state index in [9.17, 15) is 9.59 Å². The van der Waals surface area contributed by atoms with Gasteiger partial charge in [0.25, 0.3) is 0 Å². The van der Waals surface area contributed by atoms with Gasteiger partial charge in [-0.25, -0.2) is 0 Å². The monoisotopic (exact) mass is 238 g/mol. The average Bonchev–Trinajstić information content (AvgIpc) is 2.75. The standard InChI is InChI=1S/C11H14N2O2S/c1-2-9-11(15)13(7-10(14)12-9)6-8-4-3-5-16-8/h3-5,9H,2,6-7H2,1H3,(H,12,14). The van der Waals surface area contributed by atoms with Gasteiger partial charge in [-0.3, -0.25) is 9.59 Å². The molecule has 86 valence electrons. The first-order valence-corrected chi connectivity index (χ1v) is 6.19. The van der Waals surface area contributed by atoms with Gasteiger partial charge in [0.1, 0.15) is 6.04 Å². The summed E-state index contributed by atoms with van der Waals surface area (Å²) in [7, 11) is 0. The number of piperazine rings is 1. The number of hydrogen-bond donors (Lipinski definition) is 1. The molecular weight excluding hydrogens is 224 g/mol. The fraction of sp³-hybridized carbons (Fsp3) is 0.455. The van der Waals surface area contributed by atoms with Gasteiger partial charge >= 0.3 is 0 Å². The zero-order valence-electron chi connectivity index (χ0n) is 9.10. The van der Waals surface area contributed by atoms with Crippen molar-refractivity contribution in [2.24, 2.45) is 0 Å². The number of hydrogen-bond acceptors (Lipinski definition) is 3. The second-order valence-electron chi connectivity index (χ2n) is 3.80. The van der Waals surface area contributed by atoms with Crippen LogP contribution in [-0.2, 0) is 16.1 Å². The molecule has 2 heterocycles. The van der Waals surface area contributed by atoms with Crippen molar-refractivity contribution in [3.63, 3.8) is 0 Å². The number of nitrogens with zero attached hydrogens (tertiary/aromatic N) is 1. The number of carbonyl (C=O) groups excluding carboxylic acids is 2. The molecule has 1 fully saturated rings. The van der Waals surface area contributed by atoms with Crippen LogP contribution in [0.15, 0.2) is 17.5 Å². The Morgan fingerprint density at radius 1 is 1.56 bits per heavy atom. The van der Waals surface area contributed by atoms with Crippen molar-refractivity contribution in [3.05, 3.63) is 22.4 Å². The minimum atomic E-state index is -0.346. The molecule has 2 amide bonds. The first-order chi connectivity index (χ1) is 7.70. The fourth-order valence-electron chi connectivity index (χ4n) is 1.77. The van der Waals surface area contributed by atoms with Gasteiger partial charge in [0.15, 0.2) is 0 Å². The van der Waals surface area contributed by atoms with E-state index in [2.05, 4.69) is 5.32 Å². The van der Waals surface area contributed by atoms with Crippen molar-refractivity contribution < 1.29 is 9.59 Å². The molecule has 5 heteroatoms. The summed E-state index contributed by atoms with van der Waals surface area (Å²) in [6, 6.07) is 3.58. The molecule has 1 atom stereocenters. The Hall–Kier alpha value is -1.36. The van der Waals surface area contributed by atoms with Crippen LogP contribution in [0.5, 0.6) is 0 Å². The average molecular weight is 238 g/mol. The van der Waals surface area contributed by atoms with Gasteiger partial charge in [0, 0.05) is 4.88 Å². The Labute approximate surface area is 98.3 Å². The third-order valence-corrected chi connectivity index (χ3v) is 3.48. The van der Waals surface area contributed by atoms with E-state index in [-0.39, 0.29) is 24.4 Å². The third-order valence-electron chi connectivity index (χ3n) is 2.61. The van der Waals surface area contributed by atoms with Crippen LogP contribution < -0.4 is 5.32 Å². The number of thiophene rings is 1. The summed E-state index contributed by atoms with van der Waals surface area (Å²) in [5.74, 6) is -0.0430. The summed E-state index contributed by atoms with van der Waals surface area (Å²) in [6.07, 6.45) is 0.644. The largest absolute Gasteiger partial charge is 0.343 e. The first-order valence-electron chi connectivity index (χ1n) is 5.31. The van der Waals surface area contributed by atoms with E-state index in [4.69, 9.17) is 0 Å². The quantitative estimate of drug-likeness (QED) is 0.853. The maximum atomic E-state index is 11.9. The van der Waals surface area contributed by atoms with Crippen LogP contribution in [0.25, 0.3) is 0 Å². The summed E-state index contributed by atoms with van der Waals surface area (Å²) in [5.41, 5.74) is 0. The van der Waals surface area contributed by atoms with Gasteiger partial charge < -0.3 is 10.2 Å². The molecular formula is C11H14N2O2S. The van der Waals surface area contributed by atoms with Crippen molar-refractivity contribution in [3.8, 4) is 0 Å². The highest BCUT2D eigenvalue weighted by Gasteiger charge is 2.31. The van der Waals surface area contributed by atoms with E-state index in [1.165, 1.54) is 0 Å². The molecule has 0 aliphatic carbocycles. The number of nitrogens with one attached hydrogen (secondary N) is 1. The Morgan fingerprint density at radius 3 is 3.00 bits per heavy atom. The highest BCUT2D eigenvalue weighted by atomic mass is 32.1. The van der Waals surface area contributed by atoms with Crippen molar-refractivity contribution in [2.75, 3.05) is 6.54 Å². The summed E-state index contributed by atoms with van der Waals surface area (Å²) in [5, 5.41) is 4.67. The molecule has 0 bridgehead atoms. The molecule has 0 aromatic carbocycles. The topological polar surface area (TPSA) is 49.4 Å². The molecule has 16 heavy (non-hydrogen) atoms. The molecule has 1 aliphatic heterocycles. The Balaban J connectivity index is 2.08. The summed E-state index contributed by atoms with van der Waals surface area (Å²) >= 11 is 1.60. The van der Waals surface area contributed by atoms with Crippen LogP contribution in [0, 0.1) is 0 Å². The lowest BCUT2D eigenvalue weighted by molar-refractivity contribution is -0.144. The van der Waals surface area contributed by atoms with Crippen molar-refractivity contribution in [1.82, 2.24) is 10.2 Å². The minimum Gasteiger partial charge on any atom is -0.343 e. The molecule has 1 aromatic rings. The van der Waals surface area contributed by atoms with E-state index >= 15 is 0 Å². The maximum Gasteiger partial charge on any atom is 0.245 e. The second-order valence-corrected chi connectivity index (χ2v) is 4.83. The van der Waals surface area contributed by atoms with Crippen molar-refractivity contribution in [1.29, 1.82) is 0 Å². The molecule has 1 aliphatic rings. The Bertz CT molecular complexity index is 389. The predicted octanol–water partition coefficient (Wildman–Crippen LogP) is 0.985. The van der Waals surface area contributed by atoms with Crippen LogP contribution in [0.4, 0.5) is 0 Å². The molecule has 1 aromatic heterocycles. The Kier molecular flexibility index (Phi) is 3.24. The molecule has 2 rings (SSSR count). The second kappa shape index (κ2) is 4.65. The molecule has 4 nitrogen and oxygen atoms in total. The minimum absolute atomic E-state index is 0.0236. The van der Waals surface area contributed by atoms with Gasteiger partial charge in [-0.1, -0.05) is 13.0 Å². The maximum absolute atomic E-state index is 11.9. The number of amides is 2. The van der Waals surface area contributed by atoms with Crippen LogP contribution in [0.1, 0.15) is 18.2 Å². The first kappa shape index (κ1) is 11.1. The molecule has 1 N–H and O–H groups in total. The highest BCUT2D eigenvalue weighted by molar-refractivity contribution is 7.09. The van der Waals surface area contributed by atoms with E-state index in [1.54, 1.807) is 16.2 Å². The van der Waals surface area contributed by atoms with Gasteiger partial charge in [0.2, 0.25) is 11.8 Å². The molecule has 1 unspecified atom stereocenters. The van der Waals surface area contributed by atoms with Gasteiger partial charge in [-0.2, -0.15) is 0 Å². The van der Waals surface area contributed by atoms with Crippen LogP contribution in [-0.4, -0.2) is 29.3 Å². The van der Waals surface area contributed by atoms with Gasteiger partial charge in [-0.05, 0) is 17.9 Å². The lowest BCUT2D eigenvalue weighted by Gasteiger charge is -2.31. The van der Waals surface area contributed by atoms with Crippen LogP contribution in [0.2, 0.25) is 0 Å². The van der Waals surface area contributed by atoms with Crippen LogP contribution in [0.3, 0.4) is 0 Å². The third kappa shape index (κ3) is 2.24. The summed E-state index contributed by atoms with van der Waals surface area (Å²) in [4.78, 5) is 26.1. The van der Waals surface area contributed by atoms with Crippen molar-refractivity contribution in [2.45, 2.75) is 25.9 Å². The van der Waals surface area contributed by atoms with E-state index in [0.29, 0.717) is 13.0 Å². The van der Waals surface area contributed by atoms with Gasteiger partial charge in [-0.15, -0.1) is 11.3 Å². The predicted molar refractivity (Wildman–Crippen MR) is 62.0 cm³/mol. The van der Waals surface area contributed by atoms with Crippen LogP contribution >= 0.6 is 11.3 Å². The van der Waals surface area contributed by atoms with E-state index < -0.39 is 0 Å². The zero-order valence-corrected chi connectivity index (χ0v) is 9.92. The zero-order chi connectivity index (χ0) is 11.5. The molecule has 0 radical (unpaired) electrons. The fourth-order valence-corrected chi connectivity index (χ4v) is 2.49. The molecule has 0 spiro atoms. The number of carbonyl (C=O) groups is 2. The summed E-state index contributed by atoms with van der Waals surface area (Å²) < 4.78 is 0. The van der Waals surface area contributed by atoms with Crippen molar-refractivity contribution >= 4 is 23.2 Å². The lowest BCUT2D eigenvalue weighted by atomic mass is 10.1. The smallest absolute Gasteiger partial charge is 0.245 e.